The predicted molar refractivity (Wildman–Crippen MR) is 10.0 cm³/mol. The molecule has 39 valence electrons. The second-order valence-electron chi connectivity index (χ2n) is 0. The van der Waals surface area contributed by atoms with Crippen LogP contribution in [0.1, 0.15) is 0 Å². The summed E-state index contributed by atoms with van der Waals surface area (Å²) in [6.45, 7) is 0. The SMILES string of the molecule is F.F.F.F.[Re]. The van der Waals surface area contributed by atoms with Gasteiger partial charge in [0.25, 0.3) is 0 Å². The van der Waals surface area contributed by atoms with Crippen molar-refractivity contribution in [3.63, 3.8) is 0 Å². The molecule has 0 saturated heterocycles. The molecule has 0 nitrogen and oxygen atoms in total. The topological polar surface area (TPSA) is 0 Å². The van der Waals surface area contributed by atoms with Gasteiger partial charge in [-0.2, -0.15) is 0 Å². The number of halogens is 4. The van der Waals surface area contributed by atoms with Gasteiger partial charge >= 0.3 is 0 Å². The summed E-state index contributed by atoms with van der Waals surface area (Å²) in [5.41, 5.74) is 0. The fourth-order valence-corrected chi connectivity index (χ4v) is 0. The van der Waals surface area contributed by atoms with Crippen LogP contribution in [0.3, 0.4) is 0 Å². The van der Waals surface area contributed by atoms with Crippen LogP contribution >= 0.6 is 0 Å². The van der Waals surface area contributed by atoms with E-state index in [1.807, 2.05) is 0 Å². The van der Waals surface area contributed by atoms with Crippen molar-refractivity contribution in [2.75, 3.05) is 0 Å². The van der Waals surface area contributed by atoms with Crippen LogP contribution in [0.4, 0.5) is 18.8 Å². The fourth-order valence-electron chi connectivity index (χ4n) is 0. The molecule has 1 radical (unpaired) electrons. The molecule has 0 heterocycles. The second-order valence-corrected chi connectivity index (χ2v) is 0. The zero-order valence-corrected chi connectivity index (χ0v) is 4.73. The van der Waals surface area contributed by atoms with E-state index >= 15 is 0 Å². The van der Waals surface area contributed by atoms with Gasteiger partial charge in [-0.3, -0.25) is 18.8 Å². The molecule has 0 aromatic rings. The molecule has 0 aliphatic heterocycles. The Morgan fingerprint density at radius 1 is 0.400 bits per heavy atom. The summed E-state index contributed by atoms with van der Waals surface area (Å²) < 4.78 is 0. The molecule has 0 spiro atoms. The number of hydrogen-bond acceptors (Lipinski definition) is 0. The van der Waals surface area contributed by atoms with Crippen LogP contribution < -0.4 is 0 Å². The molecular weight excluding hydrogens is 262 g/mol. The van der Waals surface area contributed by atoms with E-state index < -0.39 is 0 Å². The van der Waals surface area contributed by atoms with Crippen molar-refractivity contribution in [2.24, 2.45) is 0 Å². The Kier molecular flexibility index (Phi) is 48500. The van der Waals surface area contributed by atoms with Crippen molar-refractivity contribution in [3.05, 3.63) is 0 Å². The van der Waals surface area contributed by atoms with Gasteiger partial charge in [0.1, 0.15) is 0 Å². The summed E-state index contributed by atoms with van der Waals surface area (Å²) in [7, 11) is 0. The van der Waals surface area contributed by atoms with Gasteiger partial charge in [0, 0.05) is 20.4 Å². The van der Waals surface area contributed by atoms with Crippen LogP contribution in [0.2, 0.25) is 0 Å². The van der Waals surface area contributed by atoms with Gasteiger partial charge in [0.2, 0.25) is 0 Å². The van der Waals surface area contributed by atoms with Crippen molar-refractivity contribution in [3.8, 4) is 0 Å². The van der Waals surface area contributed by atoms with Crippen molar-refractivity contribution < 1.29 is 39.2 Å². The van der Waals surface area contributed by atoms with E-state index in [0.717, 1.165) is 0 Å². The third-order valence-corrected chi connectivity index (χ3v) is 0. The standard InChI is InChI=1S/4FH.Re/h4*1H;. The molecule has 0 bridgehead atoms. The first-order valence-corrected chi connectivity index (χ1v) is 0. The van der Waals surface area contributed by atoms with Crippen LogP contribution in [-0.2, 0) is 20.4 Å². The summed E-state index contributed by atoms with van der Waals surface area (Å²) in [6, 6.07) is 0. The molecular formula is H4F4Re. The molecule has 5 heavy (non-hydrogen) atoms. The Bertz CT molecular complexity index is 3.61. The largest absolute Gasteiger partial charge is 0.269 e. The van der Waals surface area contributed by atoms with Crippen molar-refractivity contribution in [1.29, 1.82) is 0 Å². The van der Waals surface area contributed by atoms with E-state index in [0.29, 0.717) is 0 Å². The molecule has 0 aromatic heterocycles. The van der Waals surface area contributed by atoms with Gasteiger partial charge in [0.15, 0.2) is 0 Å². The zero-order valence-electron chi connectivity index (χ0n) is 2.01. The summed E-state index contributed by atoms with van der Waals surface area (Å²) in [5.74, 6) is 0. The minimum Gasteiger partial charge on any atom is -0.269 e. The third-order valence-electron chi connectivity index (χ3n) is 0. The van der Waals surface area contributed by atoms with Crippen LogP contribution in [0.25, 0.3) is 0 Å². The monoisotopic (exact) mass is 267 g/mol. The van der Waals surface area contributed by atoms with E-state index in [-0.39, 0.29) is 39.2 Å². The maximum atomic E-state index is 0. The summed E-state index contributed by atoms with van der Waals surface area (Å²) in [5, 5.41) is 0. The first kappa shape index (κ1) is 707. The van der Waals surface area contributed by atoms with Gasteiger partial charge in [0.05, 0.1) is 0 Å². The summed E-state index contributed by atoms with van der Waals surface area (Å²) >= 11 is 0. The van der Waals surface area contributed by atoms with Gasteiger partial charge in [-0.15, -0.1) is 0 Å². The third kappa shape index (κ3) is 170. The Morgan fingerprint density at radius 2 is 0.400 bits per heavy atom. The summed E-state index contributed by atoms with van der Waals surface area (Å²) in [6.07, 6.45) is 0. The van der Waals surface area contributed by atoms with Crippen LogP contribution in [-0.4, -0.2) is 0 Å². The van der Waals surface area contributed by atoms with E-state index in [1.54, 1.807) is 0 Å². The second kappa shape index (κ2) is 343. The number of rotatable bonds is 0. The van der Waals surface area contributed by atoms with Gasteiger partial charge in [-0.25, -0.2) is 0 Å². The maximum absolute atomic E-state index is 0. The van der Waals surface area contributed by atoms with Crippen LogP contribution in [0.15, 0.2) is 0 Å². The molecule has 0 atom stereocenters. The fraction of sp³-hybridized carbons (Fsp3) is 0. The van der Waals surface area contributed by atoms with E-state index in [4.69, 9.17) is 0 Å². The molecule has 0 saturated carbocycles. The number of hydrogen-bond donors (Lipinski definition) is 0. The van der Waals surface area contributed by atoms with Gasteiger partial charge in [-0.1, -0.05) is 0 Å². The zero-order chi connectivity index (χ0) is 0. The molecule has 0 fully saturated rings. The first-order valence-electron chi connectivity index (χ1n) is 0. The molecule has 5 heteroatoms. The average Bonchev–Trinajstić information content (AvgIpc) is 0. The van der Waals surface area contributed by atoms with E-state index in [1.165, 1.54) is 0 Å². The molecule has 0 amide bonds. The Labute approximate surface area is 40.1 Å². The Hall–Kier alpha value is 0.382. The quantitative estimate of drug-likeness (QED) is 0.564. The van der Waals surface area contributed by atoms with Crippen molar-refractivity contribution in [1.82, 2.24) is 0 Å². The smallest absolute Gasteiger partial charge is 0 e. The maximum Gasteiger partial charge on any atom is 0 e. The minimum absolute atomic E-state index is 0. The molecule has 0 N–H and O–H groups in total. The average molecular weight is 266 g/mol. The minimum atomic E-state index is 0. The van der Waals surface area contributed by atoms with Crippen molar-refractivity contribution in [2.45, 2.75) is 0 Å². The predicted octanol–water partition coefficient (Wildman–Crippen LogP) is 0.607. The van der Waals surface area contributed by atoms with Gasteiger partial charge in [-0.05, 0) is 0 Å². The van der Waals surface area contributed by atoms with Crippen LogP contribution in [0.5, 0.6) is 0 Å². The Morgan fingerprint density at radius 3 is 0.400 bits per heavy atom. The Balaban J connectivity index is 0. The normalized spacial score (nSPS) is 0. The molecule has 0 aliphatic rings. The summed E-state index contributed by atoms with van der Waals surface area (Å²) in [4.78, 5) is 0. The molecule has 0 unspecified atom stereocenters. The van der Waals surface area contributed by atoms with Gasteiger partial charge < -0.3 is 0 Å². The molecule has 0 aliphatic carbocycles. The van der Waals surface area contributed by atoms with E-state index in [9.17, 15) is 0 Å². The first-order chi connectivity index (χ1) is 0. The molecule has 0 aromatic carbocycles. The van der Waals surface area contributed by atoms with Crippen molar-refractivity contribution >= 4 is 0 Å². The van der Waals surface area contributed by atoms with Crippen LogP contribution in [0, 0.1) is 0 Å². The molecule has 0 rings (SSSR count). The van der Waals surface area contributed by atoms with E-state index in [2.05, 4.69) is 0 Å².